The van der Waals surface area contributed by atoms with Crippen molar-refractivity contribution in [2.75, 3.05) is 0 Å². The first-order valence-corrected chi connectivity index (χ1v) is 11.3. The fraction of sp³-hybridized carbons (Fsp3) is 0.957. The summed E-state index contributed by atoms with van der Waals surface area (Å²) < 4.78 is 0. The van der Waals surface area contributed by atoms with Crippen LogP contribution in [0.4, 0.5) is 0 Å². The number of carbonyl (C=O) groups excluding carboxylic acids is 1. The van der Waals surface area contributed by atoms with Crippen molar-refractivity contribution in [3.05, 3.63) is 0 Å². The highest BCUT2D eigenvalue weighted by molar-refractivity contribution is 5.78. The third kappa shape index (κ3) is 3.57. The van der Waals surface area contributed by atoms with Crippen LogP contribution in [0.5, 0.6) is 0 Å². The Hall–Kier alpha value is -0.370. The lowest BCUT2D eigenvalue weighted by Crippen LogP contribution is -2.49. The summed E-state index contributed by atoms with van der Waals surface area (Å²) in [5, 5.41) is 10.2. The van der Waals surface area contributed by atoms with E-state index < -0.39 is 0 Å². The second-order valence-electron chi connectivity index (χ2n) is 10.2. The van der Waals surface area contributed by atoms with E-state index in [1.54, 1.807) is 0 Å². The van der Waals surface area contributed by atoms with Gasteiger partial charge in [0.05, 0.1) is 6.10 Å². The highest BCUT2D eigenvalue weighted by Crippen LogP contribution is 2.60. The number of rotatable bonds is 0. The number of hydrogen-bond donors (Lipinski definition) is 1. The molecule has 0 aromatic rings. The second kappa shape index (κ2) is 7.33. The van der Waals surface area contributed by atoms with E-state index in [4.69, 9.17) is 0 Å². The van der Waals surface area contributed by atoms with Gasteiger partial charge >= 0.3 is 0 Å². The SMILES string of the molecule is C[C@]12CC[C@@H](O)C[C@H]1CCC1C3CCC(CCC(=O)CCCCC12)C3. The van der Waals surface area contributed by atoms with E-state index in [-0.39, 0.29) is 6.10 Å². The molecule has 0 saturated heterocycles. The normalized spacial score (nSPS) is 48.8. The van der Waals surface area contributed by atoms with E-state index in [1.165, 1.54) is 57.8 Å². The average Bonchev–Trinajstić information content (AvgIpc) is 3.06. The third-order valence-corrected chi connectivity index (χ3v) is 8.96. The molecule has 0 amide bonds. The summed E-state index contributed by atoms with van der Waals surface area (Å²) >= 11 is 0. The van der Waals surface area contributed by atoms with Crippen LogP contribution >= 0.6 is 0 Å². The maximum Gasteiger partial charge on any atom is 0.132 e. The van der Waals surface area contributed by atoms with E-state index in [0.717, 1.165) is 61.7 Å². The van der Waals surface area contributed by atoms with Gasteiger partial charge in [0.1, 0.15) is 5.78 Å². The van der Waals surface area contributed by atoms with Crippen molar-refractivity contribution in [3.63, 3.8) is 0 Å². The summed E-state index contributed by atoms with van der Waals surface area (Å²) in [5.74, 6) is 4.79. The summed E-state index contributed by atoms with van der Waals surface area (Å²) in [4.78, 5) is 12.2. The van der Waals surface area contributed by atoms with Crippen molar-refractivity contribution in [2.24, 2.45) is 35.0 Å². The lowest BCUT2D eigenvalue weighted by molar-refractivity contribution is -0.119. The Labute approximate surface area is 154 Å². The van der Waals surface area contributed by atoms with Crippen LogP contribution in [-0.2, 0) is 4.79 Å². The van der Waals surface area contributed by atoms with Crippen molar-refractivity contribution in [3.8, 4) is 0 Å². The number of ketones is 1. The predicted molar refractivity (Wildman–Crippen MR) is 101 cm³/mol. The first kappa shape index (κ1) is 18.0. The zero-order chi connectivity index (χ0) is 17.4. The fourth-order valence-corrected chi connectivity index (χ4v) is 7.47. The molecule has 2 bridgehead atoms. The topological polar surface area (TPSA) is 37.3 Å². The van der Waals surface area contributed by atoms with Gasteiger partial charge in [0.15, 0.2) is 0 Å². The minimum Gasteiger partial charge on any atom is -0.393 e. The quantitative estimate of drug-likeness (QED) is 0.627. The summed E-state index contributed by atoms with van der Waals surface area (Å²) in [5.41, 5.74) is 0.453. The number of aliphatic hydroxyl groups excluding tert-OH is 1. The molecule has 142 valence electrons. The smallest absolute Gasteiger partial charge is 0.132 e. The Kier molecular flexibility index (Phi) is 5.28. The molecular formula is C23H38O2. The van der Waals surface area contributed by atoms with Gasteiger partial charge in [0.25, 0.3) is 0 Å². The van der Waals surface area contributed by atoms with Gasteiger partial charge in [-0.3, -0.25) is 4.79 Å². The van der Waals surface area contributed by atoms with Crippen LogP contribution in [0.2, 0.25) is 0 Å². The standard InChI is InChI=1S/C23H38O2/c1-23-13-12-20(25)15-18(23)9-11-21-17-8-6-16(14-17)7-10-19(24)4-2-3-5-22(21)23/h16-18,20-22,25H,2-15H2,1H3/t16?,17?,18-,20-,21?,22?,23+/m1/s1. The van der Waals surface area contributed by atoms with Crippen LogP contribution in [-0.4, -0.2) is 17.0 Å². The predicted octanol–water partition coefficient (Wildman–Crippen LogP) is 5.52. The van der Waals surface area contributed by atoms with E-state index in [1.807, 2.05) is 0 Å². The average molecular weight is 347 g/mol. The van der Waals surface area contributed by atoms with Gasteiger partial charge in [-0.15, -0.1) is 0 Å². The van der Waals surface area contributed by atoms with Crippen molar-refractivity contribution in [1.29, 1.82) is 0 Å². The molecule has 4 aliphatic rings. The van der Waals surface area contributed by atoms with E-state index >= 15 is 0 Å². The largest absolute Gasteiger partial charge is 0.393 e. The molecule has 0 aromatic heterocycles. The maximum absolute atomic E-state index is 12.2. The van der Waals surface area contributed by atoms with Crippen LogP contribution in [0.3, 0.4) is 0 Å². The maximum atomic E-state index is 12.2. The molecule has 4 fully saturated rings. The molecular weight excluding hydrogens is 308 g/mol. The number of Topliss-reactive ketones (excluding diaryl/α,β-unsaturated/α-hetero) is 1. The van der Waals surface area contributed by atoms with Crippen molar-refractivity contribution in [1.82, 2.24) is 0 Å². The summed E-state index contributed by atoms with van der Waals surface area (Å²) in [6, 6.07) is 0. The summed E-state index contributed by atoms with van der Waals surface area (Å²) in [6.07, 6.45) is 16.7. The van der Waals surface area contributed by atoms with Gasteiger partial charge in [0.2, 0.25) is 0 Å². The molecule has 4 rings (SSSR count). The Balaban J connectivity index is 1.56. The van der Waals surface area contributed by atoms with E-state index in [2.05, 4.69) is 6.92 Å². The minimum atomic E-state index is -0.0469. The molecule has 0 aliphatic heterocycles. The minimum absolute atomic E-state index is 0.0469. The molecule has 0 aromatic carbocycles. The molecule has 4 saturated carbocycles. The van der Waals surface area contributed by atoms with Crippen molar-refractivity contribution in [2.45, 2.75) is 103 Å². The zero-order valence-electron chi connectivity index (χ0n) is 16.2. The highest BCUT2D eigenvalue weighted by Gasteiger charge is 2.52. The van der Waals surface area contributed by atoms with Crippen LogP contribution in [0.1, 0.15) is 96.8 Å². The van der Waals surface area contributed by atoms with Crippen molar-refractivity contribution < 1.29 is 9.90 Å². The Morgan fingerprint density at radius 1 is 0.920 bits per heavy atom. The lowest BCUT2D eigenvalue weighted by Gasteiger charge is -2.56. The third-order valence-electron chi connectivity index (χ3n) is 8.96. The molecule has 1 N–H and O–H groups in total. The highest BCUT2D eigenvalue weighted by atomic mass is 16.3. The van der Waals surface area contributed by atoms with Crippen LogP contribution in [0.25, 0.3) is 0 Å². The Bertz CT molecular complexity index is 486. The number of hydrogen-bond acceptors (Lipinski definition) is 2. The second-order valence-corrected chi connectivity index (χ2v) is 10.2. The molecule has 7 atom stereocenters. The van der Waals surface area contributed by atoms with Crippen LogP contribution < -0.4 is 0 Å². The van der Waals surface area contributed by atoms with Crippen molar-refractivity contribution >= 4 is 5.78 Å². The zero-order valence-corrected chi connectivity index (χ0v) is 16.2. The fourth-order valence-electron chi connectivity index (χ4n) is 7.47. The van der Waals surface area contributed by atoms with Gasteiger partial charge in [0, 0.05) is 12.8 Å². The summed E-state index contributed by atoms with van der Waals surface area (Å²) in [6.45, 7) is 2.57. The number of fused-ring (bicyclic) bond motifs is 6. The van der Waals surface area contributed by atoms with Gasteiger partial charge in [-0.2, -0.15) is 0 Å². The molecule has 0 heterocycles. The molecule has 4 unspecified atom stereocenters. The first-order valence-electron chi connectivity index (χ1n) is 11.3. The monoisotopic (exact) mass is 346 g/mol. The molecule has 4 aliphatic carbocycles. The Morgan fingerprint density at radius 3 is 2.68 bits per heavy atom. The van der Waals surface area contributed by atoms with Crippen LogP contribution in [0.15, 0.2) is 0 Å². The van der Waals surface area contributed by atoms with Gasteiger partial charge in [-0.25, -0.2) is 0 Å². The Morgan fingerprint density at radius 2 is 1.80 bits per heavy atom. The van der Waals surface area contributed by atoms with Crippen LogP contribution in [0, 0.1) is 35.0 Å². The van der Waals surface area contributed by atoms with E-state index in [0.29, 0.717) is 11.2 Å². The lowest BCUT2D eigenvalue weighted by atomic mass is 9.49. The first-order chi connectivity index (χ1) is 12.1. The molecule has 2 heteroatoms. The summed E-state index contributed by atoms with van der Waals surface area (Å²) in [7, 11) is 0. The number of aliphatic hydroxyl groups is 1. The molecule has 2 nitrogen and oxygen atoms in total. The van der Waals surface area contributed by atoms with Gasteiger partial charge < -0.3 is 5.11 Å². The molecule has 0 radical (unpaired) electrons. The van der Waals surface area contributed by atoms with E-state index in [9.17, 15) is 9.90 Å². The van der Waals surface area contributed by atoms with Gasteiger partial charge in [-0.1, -0.05) is 19.8 Å². The van der Waals surface area contributed by atoms with Gasteiger partial charge in [-0.05, 0) is 99.2 Å². The molecule has 25 heavy (non-hydrogen) atoms. The molecule has 0 spiro atoms. The number of carbonyl (C=O) groups is 1.